The lowest BCUT2D eigenvalue weighted by molar-refractivity contribution is -0.119. The molecule has 0 aliphatic rings. The zero-order valence-electron chi connectivity index (χ0n) is 20.3. The van der Waals surface area contributed by atoms with Crippen molar-refractivity contribution in [3.8, 4) is 17.9 Å². The molecule has 1 amide bonds. The van der Waals surface area contributed by atoms with E-state index >= 15 is 0 Å². The van der Waals surface area contributed by atoms with Gasteiger partial charge in [0.15, 0.2) is 0 Å². The highest BCUT2D eigenvalue weighted by Crippen LogP contribution is 2.29. The Labute approximate surface area is 207 Å². The summed E-state index contributed by atoms with van der Waals surface area (Å²) in [7, 11) is 0. The van der Waals surface area contributed by atoms with Gasteiger partial charge in [-0.25, -0.2) is 0 Å². The lowest BCUT2D eigenvalue weighted by Crippen LogP contribution is -2.36. The van der Waals surface area contributed by atoms with E-state index in [1.54, 1.807) is 24.3 Å². The van der Waals surface area contributed by atoms with Gasteiger partial charge in [-0.3, -0.25) is 4.79 Å². The van der Waals surface area contributed by atoms with Gasteiger partial charge in [-0.15, -0.1) is 0 Å². The predicted octanol–water partition coefficient (Wildman–Crippen LogP) is 6.86. The molecule has 0 saturated carbocycles. The van der Waals surface area contributed by atoms with E-state index in [0.29, 0.717) is 11.5 Å². The summed E-state index contributed by atoms with van der Waals surface area (Å²) < 4.78 is 0. The molecule has 1 N–H and O–H groups in total. The molecule has 0 heterocycles. The fourth-order valence-electron chi connectivity index (χ4n) is 4.11. The van der Waals surface area contributed by atoms with Crippen LogP contribution in [0.15, 0.2) is 91.0 Å². The second-order valence-electron chi connectivity index (χ2n) is 9.34. The van der Waals surface area contributed by atoms with Crippen molar-refractivity contribution in [1.82, 2.24) is 0 Å². The average Bonchev–Trinajstić information content (AvgIpc) is 2.88. The summed E-state index contributed by atoms with van der Waals surface area (Å²) in [5, 5.41) is 14.3. The number of rotatable bonds is 5. The third-order valence-corrected chi connectivity index (χ3v) is 6.14. The molecule has 0 saturated heterocycles. The summed E-state index contributed by atoms with van der Waals surface area (Å²) in [4.78, 5) is 13.8. The summed E-state index contributed by atoms with van der Waals surface area (Å²) in [6.45, 7) is 6.25. The average molecular weight is 457 g/mol. The molecule has 0 bridgehead atoms. The van der Waals surface area contributed by atoms with Crippen LogP contribution < -0.4 is 5.32 Å². The lowest BCUT2D eigenvalue weighted by Gasteiger charge is -2.24. The van der Waals surface area contributed by atoms with E-state index in [1.165, 1.54) is 5.56 Å². The van der Waals surface area contributed by atoms with Crippen molar-refractivity contribution in [1.29, 1.82) is 5.26 Å². The van der Waals surface area contributed by atoms with Gasteiger partial charge in [0.1, 0.15) is 5.41 Å². The quantitative estimate of drug-likeness (QED) is 0.334. The Hall–Kier alpha value is -4.34. The molecule has 0 radical (unpaired) electrons. The first-order valence-corrected chi connectivity index (χ1v) is 11.8. The molecule has 3 heteroatoms. The van der Waals surface area contributed by atoms with Crippen LogP contribution in [0, 0.1) is 29.1 Å². The number of nitrogens with one attached hydrogen (secondary N) is 1. The Morgan fingerprint density at radius 3 is 2.23 bits per heavy atom. The summed E-state index contributed by atoms with van der Waals surface area (Å²) in [6.07, 6.45) is 0.982. The molecule has 3 nitrogen and oxygen atoms in total. The van der Waals surface area contributed by atoms with Crippen LogP contribution in [-0.4, -0.2) is 5.91 Å². The van der Waals surface area contributed by atoms with Gasteiger partial charge >= 0.3 is 0 Å². The van der Waals surface area contributed by atoms with Crippen molar-refractivity contribution in [3.05, 3.63) is 113 Å². The number of nitriles is 1. The minimum Gasteiger partial charge on any atom is -0.324 e. The van der Waals surface area contributed by atoms with Crippen LogP contribution in [0.3, 0.4) is 0 Å². The van der Waals surface area contributed by atoms with Gasteiger partial charge in [0.25, 0.3) is 0 Å². The first-order chi connectivity index (χ1) is 16.9. The predicted molar refractivity (Wildman–Crippen MR) is 143 cm³/mol. The van der Waals surface area contributed by atoms with Gasteiger partial charge in [-0.05, 0) is 66.1 Å². The van der Waals surface area contributed by atoms with Crippen LogP contribution >= 0.6 is 0 Å². The third kappa shape index (κ3) is 5.43. The van der Waals surface area contributed by atoms with Crippen LogP contribution in [0.25, 0.3) is 10.8 Å². The van der Waals surface area contributed by atoms with E-state index < -0.39 is 5.41 Å². The standard InChI is InChI=1S/C32H28N2O/c1-23(2)21-25-15-17-28(18-16-25)32(3,20-19-24-11-13-26(22-33)14-12-24)31(35)34-30-10-6-8-27-7-4-5-9-29(27)30/h4-18,23H,21H2,1-3H3,(H,34,35)/t32-/m1/s1. The minimum atomic E-state index is -1.08. The molecule has 0 aliphatic carbocycles. The van der Waals surface area contributed by atoms with E-state index in [-0.39, 0.29) is 5.91 Å². The number of carbonyl (C=O) groups is 1. The fraction of sp³-hybridized carbons (Fsp3) is 0.188. The second kappa shape index (κ2) is 10.3. The number of hydrogen-bond acceptors (Lipinski definition) is 2. The van der Waals surface area contributed by atoms with Crippen LogP contribution in [0.2, 0.25) is 0 Å². The molecule has 4 rings (SSSR count). The molecule has 0 aromatic heterocycles. The second-order valence-corrected chi connectivity index (χ2v) is 9.34. The fourth-order valence-corrected chi connectivity index (χ4v) is 4.11. The van der Waals surface area contributed by atoms with Crippen LogP contribution in [0.1, 0.15) is 43.0 Å². The monoisotopic (exact) mass is 456 g/mol. The van der Waals surface area contributed by atoms with E-state index in [1.807, 2.05) is 61.5 Å². The van der Waals surface area contributed by atoms with Crippen molar-refractivity contribution in [2.24, 2.45) is 5.92 Å². The van der Waals surface area contributed by atoms with Crippen molar-refractivity contribution in [3.63, 3.8) is 0 Å². The summed E-state index contributed by atoms with van der Waals surface area (Å²) >= 11 is 0. The lowest BCUT2D eigenvalue weighted by atomic mass is 9.81. The zero-order chi connectivity index (χ0) is 24.8. The normalized spacial score (nSPS) is 12.3. The van der Waals surface area contributed by atoms with Gasteiger partial charge in [0, 0.05) is 16.6 Å². The highest BCUT2D eigenvalue weighted by Gasteiger charge is 2.34. The molecular formula is C32H28N2O. The maximum Gasteiger partial charge on any atom is 0.246 e. The van der Waals surface area contributed by atoms with Crippen LogP contribution in [0.4, 0.5) is 5.69 Å². The number of hydrogen-bond donors (Lipinski definition) is 1. The van der Waals surface area contributed by atoms with E-state index in [2.05, 4.69) is 49.2 Å². The smallest absolute Gasteiger partial charge is 0.246 e. The molecule has 4 aromatic rings. The van der Waals surface area contributed by atoms with Gasteiger partial charge in [0.2, 0.25) is 5.91 Å². The largest absolute Gasteiger partial charge is 0.324 e. The topological polar surface area (TPSA) is 52.9 Å². The van der Waals surface area contributed by atoms with Crippen molar-refractivity contribution in [2.45, 2.75) is 32.6 Å². The zero-order valence-corrected chi connectivity index (χ0v) is 20.3. The van der Waals surface area contributed by atoms with Gasteiger partial charge < -0.3 is 5.32 Å². The van der Waals surface area contributed by atoms with Crippen molar-refractivity contribution >= 4 is 22.4 Å². The molecule has 0 spiro atoms. The highest BCUT2D eigenvalue weighted by molar-refractivity contribution is 6.07. The summed E-state index contributed by atoms with van der Waals surface area (Å²) in [6, 6.07) is 31.3. The maximum atomic E-state index is 13.8. The molecule has 35 heavy (non-hydrogen) atoms. The van der Waals surface area contributed by atoms with E-state index in [0.717, 1.165) is 34.0 Å². The SMILES string of the molecule is CC(C)Cc1ccc([C@@](C)(C#Cc2ccc(C#N)cc2)C(=O)Nc2cccc3ccccc23)cc1. The first kappa shape index (κ1) is 23.8. The molecule has 1 atom stereocenters. The van der Waals surface area contributed by atoms with Gasteiger partial charge in [0.05, 0.1) is 11.6 Å². The summed E-state index contributed by atoms with van der Waals surface area (Å²) in [5.74, 6) is 6.78. The Morgan fingerprint density at radius 1 is 0.886 bits per heavy atom. The molecule has 0 unspecified atom stereocenters. The van der Waals surface area contributed by atoms with E-state index in [4.69, 9.17) is 5.26 Å². The Balaban J connectivity index is 1.73. The Morgan fingerprint density at radius 2 is 1.54 bits per heavy atom. The molecule has 4 aromatic carbocycles. The number of anilines is 1. The van der Waals surface area contributed by atoms with Crippen LogP contribution in [0.5, 0.6) is 0 Å². The van der Waals surface area contributed by atoms with Crippen molar-refractivity contribution < 1.29 is 4.79 Å². The summed E-state index contributed by atoms with van der Waals surface area (Å²) in [5.41, 5.74) is 3.08. The minimum absolute atomic E-state index is 0.188. The molecule has 0 fully saturated rings. The molecule has 0 aliphatic heterocycles. The van der Waals surface area contributed by atoms with E-state index in [9.17, 15) is 4.79 Å². The Kier molecular flexibility index (Phi) is 7.00. The highest BCUT2D eigenvalue weighted by atomic mass is 16.2. The van der Waals surface area contributed by atoms with Gasteiger partial charge in [-0.1, -0.05) is 86.4 Å². The van der Waals surface area contributed by atoms with Crippen LogP contribution in [-0.2, 0) is 16.6 Å². The number of nitrogens with zero attached hydrogens (tertiary/aromatic N) is 1. The van der Waals surface area contributed by atoms with Gasteiger partial charge in [-0.2, -0.15) is 5.26 Å². The number of benzene rings is 4. The number of amides is 1. The molecular weight excluding hydrogens is 428 g/mol. The first-order valence-electron chi connectivity index (χ1n) is 11.8. The Bertz CT molecular complexity index is 1440. The number of carbonyl (C=O) groups excluding carboxylic acids is 1. The molecule has 172 valence electrons. The maximum absolute atomic E-state index is 13.8. The number of fused-ring (bicyclic) bond motifs is 1. The van der Waals surface area contributed by atoms with Crippen molar-refractivity contribution in [2.75, 3.05) is 5.32 Å². The third-order valence-electron chi connectivity index (χ3n) is 6.14.